The Kier molecular flexibility index (Phi) is 15.2. The highest BCUT2D eigenvalue weighted by Crippen LogP contribution is 2.56. The summed E-state index contributed by atoms with van der Waals surface area (Å²) in [6.45, 7) is 55.1. The number of rotatable bonds is 12. The Morgan fingerprint density at radius 3 is 1.16 bits per heavy atom. The van der Waals surface area contributed by atoms with E-state index in [4.69, 9.17) is 13.6 Å². The van der Waals surface area contributed by atoms with E-state index in [-0.39, 0.29) is 43.3 Å². The summed E-state index contributed by atoms with van der Waals surface area (Å²) in [5.74, 6) is 2.89. The van der Waals surface area contributed by atoms with Crippen LogP contribution in [0.15, 0.2) is 48.5 Å². The van der Waals surface area contributed by atoms with E-state index in [2.05, 4.69) is 215 Å². The maximum Gasteiger partial charge on any atom is 0.530 e. The van der Waals surface area contributed by atoms with E-state index < -0.39 is 8.60 Å². The Balaban J connectivity index is 1.94. The molecule has 4 aromatic rings. The molecule has 0 unspecified atom stereocenters. The number of phenolic OH excluding ortho intramolecular Hbond substituents is 1. The second-order valence-electron chi connectivity index (χ2n) is 26.9. The Hall–Kier alpha value is -3.49. The van der Waals surface area contributed by atoms with Gasteiger partial charge in [-0.15, -0.1) is 0 Å². The molecular formula is C62H93O4P. The van der Waals surface area contributed by atoms with Crippen LogP contribution in [0.25, 0.3) is 0 Å². The largest absolute Gasteiger partial charge is 0.530 e. The van der Waals surface area contributed by atoms with Crippen LogP contribution in [0.4, 0.5) is 0 Å². The van der Waals surface area contributed by atoms with Crippen LogP contribution in [-0.2, 0) is 56.2 Å². The summed E-state index contributed by atoms with van der Waals surface area (Å²) in [5, 5.41) is 12.5. The summed E-state index contributed by atoms with van der Waals surface area (Å²) in [7, 11) is -2.09. The molecule has 0 aromatic heterocycles. The van der Waals surface area contributed by atoms with E-state index in [0.29, 0.717) is 18.6 Å². The average Bonchev–Trinajstić information content (AvgIpc) is 3.20. The van der Waals surface area contributed by atoms with Crippen molar-refractivity contribution in [2.75, 3.05) is 0 Å². The van der Waals surface area contributed by atoms with Crippen molar-refractivity contribution in [1.29, 1.82) is 0 Å². The fourth-order valence-corrected chi connectivity index (χ4v) is 10.1. The highest BCUT2D eigenvalue weighted by Gasteiger charge is 2.39. The molecule has 0 fully saturated rings. The third-order valence-corrected chi connectivity index (χ3v) is 16.8. The third-order valence-electron chi connectivity index (χ3n) is 15.9. The molecule has 4 aromatic carbocycles. The van der Waals surface area contributed by atoms with Crippen LogP contribution in [0.5, 0.6) is 23.0 Å². The van der Waals surface area contributed by atoms with Crippen LogP contribution >= 0.6 is 8.60 Å². The molecule has 4 nitrogen and oxygen atoms in total. The number of fused-ring (bicyclic) bond motifs is 2. The van der Waals surface area contributed by atoms with Crippen molar-refractivity contribution in [2.24, 2.45) is 0 Å². The maximum atomic E-state index is 12.5. The van der Waals surface area contributed by atoms with Crippen LogP contribution in [0.3, 0.4) is 0 Å². The minimum Gasteiger partial charge on any atom is -0.507 e. The quantitative estimate of drug-likeness (QED) is 0.144. The monoisotopic (exact) mass is 933 g/mol. The summed E-state index contributed by atoms with van der Waals surface area (Å²) >= 11 is 0. The lowest BCUT2D eigenvalue weighted by Crippen LogP contribution is -2.24. The van der Waals surface area contributed by atoms with Gasteiger partial charge in [0.2, 0.25) is 0 Å². The van der Waals surface area contributed by atoms with Crippen molar-refractivity contribution in [1.82, 2.24) is 0 Å². The van der Waals surface area contributed by atoms with Crippen LogP contribution in [0.2, 0.25) is 0 Å². The van der Waals surface area contributed by atoms with Crippen molar-refractivity contribution in [3.63, 3.8) is 0 Å². The Morgan fingerprint density at radius 2 is 0.791 bits per heavy atom. The van der Waals surface area contributed by atoms with Gasteiger partial charge in [0, 0.05) is 35.1 Å². The van der Waals surface area contributed by atoms with Crippen LogP contribution in [0.1, 0.15) is 259 Å². The van der Waals surface area contributed by atoms with Crippen LogP contribution in [-0.4, -0.2) is 5.11 Å². The minimum absolute atomic E-state index is 0.0766. The predicted octanol–water partition coefficient (Wildman–Crippen LogP) is 18.6. The summed E-state index contributed by atoms with van der Waals surface area (Å²) in [4.78, 5) is 0. The molecule has 370 valence electrons. The molecule has 5 heteroatoms. The first-order valence-corrected chi connectivity index (χ1v) is 26.8. The van der Waals surface area contributed by atoms with Gasteiger partial charge in [0.15, 0.2) is 0 Å². The summed E-state index contributed by atoms with van der Waals surface area (Å²) in [6.07, 6.45) is 4.93. The zero-order chi connectivity index (χ0) is 50.8. The van der Waals surface area contributed by atoms with E-state index in [1.165, 1.54) is 22.3 Å². The Morgan fingerprint density at radius 1 is 0.433 bits per heavy atom. The molecule has 1 heterocycles. The van der Waals surface area contributed by atoms with E-state index >= 15 is 0 Å². The van der Waals surface area contributed by atoms with Gasteiger partial charge in [0.05, 0.1) is 0 Å². The SMILES string of the molecule is CCC(C)(C)c1cc(Cc2cc(C(C)(C)CC)cc(C(C)(C)CC)c2OP2Oc3c(cc(C(C)(C)C)cc3C(C)(C)C)Cc3cc(C(C)(C)C)cc(C(C)(C)C)c3O2)c(O)c(C(C)(C)CC)c1. The van der Waals surface area contributed by atoms with Gasteiger partial charge < -0.3 is 18.7 Å². The van der Waals surface area contributed by atoms with Crippen LogP contribution in [0, 0.1) is 0 Å². The van der Waals surface area contributed by atoms with Gasteiger partial charge in [0.1, 0.15) is 23.0 Å². The van der Waals surface area contributed by atoms with E-state index in [1.807, 2.05) is 0 Å². The fraction of sp³-hybridized carbons (Fsp3) is 0.613. The second kappa shape index (κ2) is 18.7. The third kappa shape index (κ3) is 11.6. The van der Waals surface area contributed by atoms with Gasteiger partial charge in [0.25, 0.3) is 0 Å². The zero-order valence-corrected chi connectivity index (χ0v) is 47.9. The molecule has 0 spiro atoms. The molecule has 1 aliphatic heterocycles. The summed E-state index contributed by atoms with van der Waals surface area (Å²) < 4.78 is 22.6. The van der Waals surface area contributed by atoms with E-state index in [9.17, 15) is 5.11 Å². The normalized spacial score (nSPS) is 14.7. The highest BCUT2D eigenvalue weighted by molar-refractivity contribution is 7.43. The van der Waals surface area contributed by atoms with Gasteiger partial charge in [-0.3, -0.25) is 0 Å². The van der Waals surface area contributed by atoms with Crippen molar-refractivity contribution in [3.05, 3.63) is 115 Å². The smallest absolute Gasteiger partial charge is 0.507 e. The number of phenols is 1. The number of benzene rings is 4. The first kappa shape index (κ1) is 54.5. The van der Waals surface area contributed by atoms with Gasteiger partial charge in [-0.05, 0) is 114 Å². The number of hydrogen-bond acceptors (Lipinski definition) is 4. The van der Waals surface area contributed by atoms with Crippen molar-refractivity contribution in [2.45, 2.75) is 248 Å². The lowest BCUT2D eigenvalue weighted by Gasteiger charge is -2.36. The highest BCUT2D eigenvalue weighted by atomic mass is 31.2. The Labute approximate surface area is 411 Å². The lowest BCUT2D eigenvalue weighted by molar-refractivity contribution is 0.361. The minimum atomic E-state index is -2.09. The molecule has 1 N–H and O–H groups in total. The standard InChI is InChI=1S/C62H93O4P/c1-25-59(17,18)45-31-39(51(63)47(37-45)61(21,22)27-3)29-40-34-46(60(19,20)26-2)38-50(62(23,24)28-4)54(40)66-67-64-52-41(32-43(55(5,6)7)35-48(52)57(11,12)13)30-42-33-44(56(8,9)10)36-49(53(42)65-67)58(14,15)16/h31-38,63H,25-30H2,1-24H3. The maximum absolute atomic E-state index is 12.5. The van der Waals surface area contributed by atoms with Gasteiger partial charge in [-0.25, -0.2) is 0 Å². The molecule has 0 bridgehead atoms. The molecule has 0 saturated carbocycles. The van der Waals surface area contributed by atoms with Crippen molar-refractivity contribution < 1.29 is 18.7 Å². The fourth-order valence-electron chi connectivity index (χ4n) is 8.87. The van der Waals surface area contributed by atoms with E-state index in [1.54, 1.807) is 0 Å². The van der Waals surface area contributed by atoms with Gasteiger partial charge in [-0.2, -0.15) is 0 Å². The zero-order valence-electron chi connectivity index (χ0n) is 47.0. The average molecular weight is 933 g/mol. The van der Waals surface area contributed by atoms with Crippen molar-refractivity contribution in [3.8, 4) is 23.0 Å². The number of hydrogen-bond donors (Lipinski definition) is 1. The first-order chi connectivity index (χ1) is 30.4. The molecule has 1 aliphatic rings. The summed E-state index contributed by atoms with van der Waals surface area (Å²) in [5.41, 5.74) is 12.5. The van der Waals surface area contributed by atoms with Crippen molar-refractivity contribution >= 4 is 8.60 Å². The molecular weight excluding hydrogens is 840 g/mol. The topological polar surface area (TPSA) is 47.9 Å². The lowest BCUT2D eigenvalue weighted by atomic mass is 9.73. The molecule has 0 atom stereocenters. The predicted molar refractivity (Wildman–Crippen MR) is 290 cm³/mol. The van der Waals surface area contributed by atoms with Gasteiger partial charge >= 0.3 is 8.60 Å². The molecule has 67 heavy (non-hydrogen) atoms. The molecule has 0 amide bonds. The second-order valence-corrected chi connectivity index (χ2v) is 27.9. The van der Waals surface area contributed by atoms with E-state index in [0.717, 1.165) is 87.4 Å². The molecule has 5 rings (SSSR count). The first-order valence-electron chi connectivity index (χ1n) is 25.7. The molecule has 0 saturated heterocycles. The number of aromatic hydroxyl groups is 1. The molecule has 0 aliphatic carbocycles. The van der Waals surface area contributed by atoms with Crippen LogP contribution < -0.4 is 13.6 Å². The molecule has 0 radical (unpaired) electrons. The van der Waals surface area contributed by atoms with Gasteiger partial charge in [-0.1, -0.05) is 215 Å². The Bertz CT molecular complexity index is 2350. The summed E-state index contributed by atoms with van der Waals surface area (Å²) in [6, 6.07) is 18.8.